The molecule has 1 atom stereocenters. The van der Waals surface area contributed by atoms with Gasteiger partial charge < -0.3 is 15.8 Å². The second kappa shape index (κ2) is 9.33. The minimum absolute atomic E-state index is 0.293. The topological polar surface area (TPSA) is 94.3 Å². The Labute approximate surface area is 217 Å². The standard InChI is InChI=1S/C28H27N3O3S2/c1-2-34-28(33)22-18-9-6-10-21(18)35-27(22)31-25(32)24-23(29)19-14-17-13-16(15-7-4-3-5-8-15)11-12-20(17)30-26(19)36-24/h3-5,7-8,14,16H,2,6,9-13,29H2,1H3,(H,31,32). The number of thiophene rings is 2. The van der Waals surface area contributed by atoms with Crippen LogP contribution in [0.2, 0.25) is 0 Å². The molecule has 0 aliphatic heterocycles. The number of nitrogens with zero attached hydrogens (tertiary/aromatic N) is 1. The number of nitrogens with two attached hydrogens (primary N) is 1. The van der Waals surface area contributed by atoms with E-state index in [4.69, 9.17) is 15.5 Å². The van der Waals surface area contributed by atoms with Gasteiger partial charge in [0.2, 0.25) is 0 Å². The first kappa shape index (κ1) is 23.2. The number of anilines is 2. The third-order valence-corrected chi connectivity index (χ3v) is 9.51. The number of fused-ring (bicyclic) bond motifs is 3. The monoisotopic (exact) mass is 517 g/mol. The quantitative estimate of drug-likeness (QED) is 0.311. The number of ether oxygens (including phenoxy) is 1. The first-order chi connectivity index (χ1) is 17.5. The molecule has 36 heavy (non-hydrogen) atoms. The zero-order chi connectivity index (χ0) is 24.8. The molecule has 0 radical (unpaired) electrons. The third kappa shape index (κ3) is 3.98. The van der Waals surface area contributed by atoms with Gasteiger partial charge in [-0.1, -0.05) is 30.3 Å². The van der Waals surface area contributed by atoms with Gasteiger partial charge in [-0.15, -0.1) is 22.7 Å². The molecule has 6 rings (SSSR count). The Morgan fingerprint density at radius 2 is 2.00 bits per heavy atom. The van der Waals surface area contributed by atoms with Gasteiger partial charge in [0, 0.05) is 16.0 Å². The summed E-state index contributed by atoms with van der Waals surface area (Å²) < 4.78 is 5.29. The fraction of sp³-hybridized carbons (Fsp3) is 0.321. The molecular formula is C28H27N3O3S2. The van der Waals surface area contributed by atoms with Crippen molar-refractivity contribution in [3.8, 4) is 0 Å². The SMILES string of the molecule is CCOC(=O)c1c(NC(=O)c2sc3nc4c(cc3c2N)CC(c2ccccc2)CC4)sc2c1CCC2. The Morgan fingerprint density at radius 1 is 1.17 bits per heavy atom. The van der Waals surface area contributed by atoms with Crippen molar-refractivity contribution in [2.45, 2.75) is 51.4 Å². The van der Waals surface area contributed by atoms with Crippen molar-refractivity contribution in [2.75, 3.05) is 17.7 Å². The van der Waals surface area contributed by atoms with Gasteiger partial charge in [0.05, 0.1) is 17.9 Å². The molecule has 0 bridgehead atoms. The van der Waals surface area contributed by atoms with Crippen molar-refractivity contribution in [3.05, 3.63) is 74.1 Å². The fourth-order valence-electron chi connectivity index (χ4n) is 5.44. The molecule has 184 valence electrons. The molecule has 8 heteroatoms. The number of rotatable bonds is 5. The van der Waals surface area contributed by atoms with Crippen LogP contribution in [0.15, 0.2) is 36.4 Å². The normalized spacial score (nSPS) is 16.5. The Morgan fingerprint density at radius 3 is 2.81 bits per heavy atom. The third-order valence-electron chi connectivity index (χ3n) is 7.19. The van der Waals surface area contributed by atoms with E-state index in [0.29, 0.717) is 33.7 Å². The molecule has 0 saturated carbocycles. The van der Waals surface area contributed by atoms with Crippen LogP contribution in [0.3, 0.4) is 0 Å². The molecule has 0 fully saturated rings. The van der Waals surface area contributed by atoms with Crippen LogP contribution >= 0.6 is 22.7 Å². The summed E-state index contributed by atoms with van der Waals surface area (Å²) >= 11 is 2.79. The van der Waals surface area contributed by atoms with Gasteiger partial charge in [-0.25, -0.2) is 9.78 Å². The second-order valence-electron chi connectivity index (χ2n) is 9.38. The number of aryl methyl sites for hydroxylation is 2. The summed E-state index contributed by atoms with van der Waals surface area (Å²) in [7, 11) is 0. The summed E-state index contributed by atoms with van der Waals surface area (Å²) in [5.74, 6) is -0.220. The smallest absolute Gasteiger partial charge is 0.341 e. The van der Waals surface area contributed by atoms with Gasteiger partial charge in [0.15, 0.2) is 0 Å². The molecule has 3 aromatic heterocycles. The predicted molar refractivity (Wildman–Crippen MR) is 145 cm³/mol. The van der Waals surface area contributed by atoms with E-state index in [1.807, 2.05) is 6.07 Å². The van der Waals surface area contributed by atoms with Crippen molar-refractivity contribution >= 4 is 55.5 Å². The number of aromatic nitrogens is 1. The number of nitrogen functional groups attached to an aromatic ring is 1. The highest BCUT2D eigenvalue weighted by atomic mass is 32.1. The summed E-state index contributed by atoms with van der Waals surface area (Å²) in [5, 5.41) is 4.36. The van der Waals surface area contributed by atoms with E-state index in [0.717, 1.165) is 64.9 Å². The van der Waals surface area contributed by atoms with Gasteiger partial charge in [-0.3, -0.25) is 4.79 Å². The van der Waals surface area contributed by atoms with Crippen LogP contribution in [0.4, 0.5) is 10.7 Å². The molecule has 1 unspecified atom stereocenters. The van der Waals surface area contributed by atoms with E-state index in [-0.39, 0.29) is 11.9 Å². The number of pyridine rings is 1. The average Bonchev–Trinajstić information content (AvgIpc) is 3.56. The zero-order valence-electron chi connectivity index (χ0n) is 20.1. The van der Waals surface area contributed by atoms with Gasteiger partial charge >= 0.3 is 5.97 Å². The molecule has 2 aliphatic rings. The molecule has 6 nitrogen and oxygen atoms in total. The lowest BCUT2D eigenvalue weighted by Gasteiger charge is -2.24. The lowest BCUT2D eigenvalue weighted by molar-refractivity contribution is 0.0527. The molecular weight excluding hydrogens is 490 g/mol. The number of amides is 1. The lowest BCUT2D eigenvalue weighted by Crippen LogP contribution is -2.15. The number of hydrogen-bond donors (Lipinski definition) is 2. The van der Waals surface area contributed by atoms with Gasteiger partial charge in [0.25, 0.3) is 5.91 Å². The van der Waals surface area contributed by atoms with Crippen molar-refractivity contribution in [1.82, 2.24) is 4.98 Å². The number of nitrogens with one attached hydrogen (secondary N) is 1. The molecule has 3 heterocycles. The molecule has 2 aliphatic carbocycles. The first-order valence-electron chi connectivity index (χ1n) is 12.4. The highest BCUT2D eigenvalue weighted by Crippen LogP contribution is 2.42. The molecule has 1 aromatic carbocycles. The number of benzene rings is 1. The predicted octanol–water partition coefficient (Wildman–Crippen LogP) is 6.13. The van der Waals surface area contributed by atoms with Crippen LogP contribution in [0, 0.1) is 0 Å². The average molecular weight is 518 g/mol. The second-order valence-corrected chi connectivity index (χ2v) is 11.5. The molecule has 3 N–H and O–H groups in total. The van der Waals surface area contributed by atoms with Crippen LogP contribution in [-0.4, -0.2) is 23.5 Å². The Hall–Kier alpha value is -3.23. The summed E-state index contributed by atoms with van der Waals surface area (Å²) in [6.45, 7) is 2.08. The maximum absolute atomic E-state index is 13.4. The van der Waals surface area contributed by atoms with E-state index >= 15 is 0 Å². The first-order valence-corrected chi connectivity index (χ1v) is 14.1. The van der Waals surface area contributed by atoms with Gasteiger partial charge in [-0.05, 0) is 74.1 Å². The van der Waals surface area contributed by atoms with Crippen molar-refractivity contribution in [3.63, 3.8) is 0 Å². The van der Waals surface area contributed by atoms with E-state index in [1.54, 1.807) is 6.92 Å². The minimum atomic E-state index is -0.376. The van der Waals surface area contributed by atoms with Crippen LogP contribution < -0.4 is 11.1 Å². The number of carbonyl (C=O) groups excluding carboxylic acids is 2. The maximum Gasteiger partial charge on any atom is 0.341 e. The zero-order valence-corrected chi connectivity index (χ0v) is 21.7. The van der Waals surface area contributed by atoms with Crippen molar-refractivity contribution < 1.29 is 14.3 Å². The maximum atomic E-state index is 13.4. The number of hydrogen-bond acceptors (Lipinski definition) is 7. The number of esters is 1. The highest BCUT2D eigenvalue weighted by molar-refractivity contribution is 7.21. The van der Waals surface area contributed by atoms with E-state index in [1.165, 1.54) is 33.8 Å². The van der Waals surface area contributed by atoms with Gasteiger partial charge in [0.1, 0.15) is 14.7 Å². The Bertz CT molecular complexity index is 1490. The molecule has 0 saturated heterocycles. The minimum Gasteiger partial charge on any atom is -0.462 e. The summed E-state index contributed by atoms with van der Waals surface area (Å²) in [6, 6.07) is 12.7. The van der Waals surface area contributed by atoms with Crippen LogP contribution in [0.1, 0.15) is 73.0 Å². The largest absolute Gasteiger partial charge is 0.462 e. The summed E-state index contributed by atoms with van der Waals surface area (Å²) in [4.78, 5) is 33.3. The van der Waals surface area contributed by atoms with Crippen molar-refractivity contribution in [2.24, 2.45) is 0 Å². The van der Waals surface area contributed by atoms with Gasteiger partial charge in [-0.2, -0.15) is 0 Å². The van der Waals surface area contributed by atoms with Crippen LogP contribution in [0.25, 0.3) is 10.2 Å². The molecule has 4 aromatic rings. The van der Waals surface area contributed by atoms with E-state index in [2.05, 4.69) is 35.6 Å². The summed E-state index contributed by atoms with van der Waals surface area (Å²) in [5.41, 5.74) is 12.1. The van der Waals surface area contributed by atoms with Crippen LogP contribution in [0.5, 0.6) is 0 Å². The summed E-state index contributed by atoms with van der Waals surface area (Å²) in [6.07, 6.45) is 5.67. The van der Waals surface area contributed by atoms with Crippen LogP contribution in [-0.2, 0) is 30.4 Å². The van der Waals surface area contributed by atoms with E-state index < -0.39 is 0 Å². The molecule has 0 spiro atoms. The Balaban J connectivity index is 1.30. The number of carbonyl (C=O) groups is 2. The molecule has 1 amide bonds. The highest BCUT2D eigenvalue weighted by Gasteiger charge is 2.30. The lowest BCUT2D eigenvalue weighted by atomic mass is 9.82. The fourth-order valence-corrected chi connectivity index (χ4v) is 7.70. The Kier molecular flexibility index (Phi) is 6.01. The van der Waals surface area contributed by atoms with Crippen molar-refractivity contribution in [1.29, 1.82) is 0 Å². The van der Waals surface area contributed by atoms with E-state index in [9.17, 15) is 9.59 Å².